The Hall–Kier alpha value is -0.252. The van der Waals surface area contributed by atoms with Gasteiger partial charge in [0, 0.05) is 32.0 Å². The zero-order valence-corrected chi connectivity index (χ0v) is 43.8. The first-order chi connectivity index (χ1) is 23.8. The number of hydrogen-bond acceptors (Lipinski definition) is 7. The molecule has 318 valence electrons. The van der Waals surface area contributed by atoms with Gasteiger partial charge in [0.2, 0.25) is 0 Å². The number of ether oxygens (including phenoxy) is 1. The largest absolute Gasteiger partial charge is 0.416 e. The topological polar surface area (TPSA) is 83.6 Å². The molecule has 0 radical (unpaired) electrons. The molecule has 0 aromatic heterocycles. The van der Waals surface area contributed by atoms with Crippen molar-refractivity contribution in [3.63, 3.8) is 0 Å². The predicted octanol–water partition coefficient (Wildman–Crippen LogP) is 12.4. The van der Waals surface area contributed by atoms with Crippen molar-refractivity contribution in [2.75, 3.05) is 13.2 Å². The molecule has 1 heterocycles. The molecule has 1 unspecified atom stereocenters. The SMILES string of the molecule is CC=C[C@H](C)[C@H]1OC1(C)[C@@H](O[Si](C)(C)C(C)(C)C)[C@@H](CO[Si](C)(C)C(C)(C)C)C(=O)[C@H](CO[Si](C)(C)C(C)(C)C)[C@H](CC(=O)CC)O[Si](C)(C)C(C)(C)C. The van der Waals surface area contributed by atoms with Gasteiger partial charge in [-0.1, -0.05) is 109 Å². The first-order valence-corrected chi connectivity index (χ1v) is 32.5. The van der Waals surface area contributed by atoms with Gasteiger partial charge in [0.25, 0.3) is 0 Å². The average Bonchev–Trinajstić information content (AvgIpc) is 3.66. The number of allylic oxidation sites excluding steroid dienone is 1. The van der Waals surface area contributed by atoms with Gasteiger partial charge in [0.15, 0.2) is 33.3 Å². The zero-order chi connectivity index (χ0) is 42.9. The molecule has 0 bridgehead atoms. The Kier molecular flexibility index (Phi) is 17.2. The normalized spacial score (nSPS) is 22.6. The molecule has 11 heteroatoms. The van der Waals surface area contributed by atoms with Gasteiger partial charge in [0.05, 0.1) is 30.1 Å². The number of rotatable bonds is 20. The molecule has 1 rings (SSSR count). The minimum Gasteiger partial charge on any atom is -0.416 e. The first kappa shape index (κ1) is 51.8. The molecule has 54 heavy (non-hydrogen) atoms. The number of carbonyl (C=O) groups excluding carboxylic acids is 2. The van der Waals surface area contributed by atoms with Crippen molar-refractivity contribution in [2.45, 2.75) is 220 Å². The van der Waals surface area contributed by atoms with Crippen LogP contribution in [-0.4, -0.2) is 82.0 Å². The van der Waals surface area contributed by atoms with E-state index in [0.717, 1.165) is 0 Å². The van der Waals surface area contributed by atoms with E-state index in [1.54, 1.807) is 0 Å². The average molecular weight is 830 g/mol. The predicted molar refractivity (Wildman–Crippen MR) is 240 cm³/mol. The molecule has 0 aromatic rings. The van der Waals surface area contributed by atoms with Gasteiger partial charge in [-0.05, 0) is 86.4 Å². The summed E-state index contributed by atoms with van der Waals surface area (Å²) in [5.74, 6) is -1.15. The van der Waals surface area contributed by atoms with Gasteiger partial charge in [-0.2, -0.15) is 0 Å². The fraction of sp³-hybridized carbons (Fsp3) is 0.907. The Balaban J connectivity index is 4.25. The Morgan fingerprint density at radius 2 is 1.07 bits per heavy atom. The van der Waals surface area contributed by atoms with Gasteiger partial charge >= 0.3 is 0 Å². The van der Waals surface area contributed by atoms with Gasteiger partial charge < -0.3 is 22.4 Å². The van der Waals surface area contributed by atoms with E-state index < -0.39 is 62.9 Å². The lowest BCUT2D eigenvalue weighted by atomic mass is 9.79. The summed E-state index contributed by atoms with van der Waals surface area (Å²) < 4.78 is 35.5. The molecular weight excluding hydrogens is 741 g/mol. The second kappa shape index (κ2) is 17.9. The molecular formula is C43H88O7Si4. The number of ketones is 2. The van der Waals surface area contributed by atoms with Crippen LogP contribution in [0.1, 0.15) is 124 Å². The lowest BCUT2D eigenvalue weighted by Crippen LogP contribution is -2.57. The van der Waals surface area contributed by atoms with Crippen molar-refractivity contribution in [3.8, 4) is 0 Å². The molecule has 0 saturated carbocycles. The highest BCUT2D eigenvalue weighted by Crippen LogP contribution is 2.52. The van der Waals surface area contributed by atoms with E-state index in [1.807, 2.05) is 13.8 Å². The highest BCUT2D eigenvalue weighted by Gasteiger charge is 2.65. The smallest absolute Gasteiger partial charge is 0.192 e. The number of hydrogen-bond donors (Lipinski definition) is 0. The van der Waals surface area contributed by atoms with Crippen LogP contribution in [0, 0.1) is 17.8 Å². The summed E-state index contributed by atoms with van der Waals surface area (Å²) in [5.41, 5.74) is -0.717. The molecule has 0 spiro atoms. The summed E-state index contributed by atoms with van der Waals surface area (Å²) in [6.07, 6.45) is 3.48. The molecule has 1 aliphatic rings. The maximum absolute atomic E-state index is 16.0. The van der Waals surface area contributed by atoms with Gasteiger partial charge in [-0.25, -0.2) is 0 Å². The van der Waals surface area contributed by atoms with E-state index in [-0.39, 0.29) is 63.4 Å². The maximum Gasteiger partial charge on any atom is 0.192 e. The van der Waals surface area contributed by atoms with Crippen LogP contribution in [-0.2, 0) is 32.0 Å². The van der Waals surface area contributed by atoms with E-state index in [0.29, 0.717) is 6.42 Å². The van der Waals surface area contributed by atoms with Crippen LogP contribution < -0.4 is 0 Å². The Morgan fingerprint density at radius 3 is 1.44 bits per heavy atom. The molecule has 7 atom stereocenters. The van der Waals surface area contributed by atoms with E-state index in [4.69, 9.17) is 22.4 Å². The van der Waals surface area contributed by atoms with Crippen LogP contribution in [0.15, 0.2) is 12.2 Å². The zero-order valence-electron chi connectivity index (χ0n) is 39.8. The van der Waals surface area contributed by atoms with Crippen LogP contribution in [0.25, 0.3) is 0 Å². The van der Waals surface area contributed by atoms with Crippen LogP contribution in [0.5, 0.6) is 0 Å². The monoisotopic (exact) mass is 829 g/mol. The molecule has 0 aromatic carbocycles. The number of epoxide rings is 1. The van der Waals surface area contributed by atoms with Gasteiger partial charge in [-0.3, -0.25) is 9.59 Å². The maximum atomic E-state index is 16.0. The molecule has 1 saturated heterocycles. The lowest BCUT2D eigenvalue weighted by Gasteiger charge is -2.46. The molecule has 7 nitrogen and oxygen atoms in total. The lowest BCUT2D eigenvalue weighted by molar-refractivity contribution is -0.139. The fourth-order valence-electron chi connectivity index (χ4n) is 5.78. The van der Waals surface area contributed by atoms with Crippen molar-refractivity contribution in [1.82, 2.24) is 0 Å². The van der Waals surface area contributed by atoms with Crippen molar-refractivity contribution in [3.05, 3.63) is 12.2 Å². The van der Waals surface area contributed by atoms with Crippen LogP contribution >= 0.6 is 0 Å². The highest BCUT2D eigenvalue weighted by atomic mass is 28.4. The van der Waals surface area contributed by atoms with E-state index >= 15 is 4.79 Å². The summed E-state index contributed by atoms with van der Waals surface area (Å²) in [4.78, 5) is 29.5. The Labute approximate surface area is 338 Å². The van der Waals surface area contributed by atoms with Crippen LogP contribution in [0.3, 0.4) is 0 Å². The molecule has 0 amide bonds. The summed E-state index contributed by atoms with van der Waals surface area (Å²) >= 11 is 0. The molecule has 1 fully saturated rings. The molecule has 0 N–H and O–H groups in total. The minimum absolute atomic E-state index is 0.00194. The third-order valence-electron chi connectivity index (χ3n) is 14.1. The number of Topliss-reactive ketones (excluding diaryl/α,β-unsaturated/α-hetero) is 2. The molecule has 1 aliphatic heterocycles. The fourth-order valence-corrected chi connectivity index (χ4v) is 10.6. The summed E-state index contributed by atoms with van der Waals surface area (Å²) in [6.45, 7) is 53.2. The quantitative estimate of drug-likeness (QED) is 0.0686. The van der Waals surface area contributed by atoms with Crippen molar-refractivity contribution in [2.24, 2.45) is 17.8 Å². The van der Waals surface area contributed by atoms with E-state index in [9.17, 15) is 4.79 Å². The first-order valence-electron chi connectivity index (χ1n) is 20.8. The van der Waals surface area contributed by atoms with Crippen molar-refractivity contribution >= 4 is 44.8 Å². The summed E-state index contributed by atoms with van der Waals surface area (Å²) in [6, 6.07) is 0. The second-order valence-electron chi connectivity index (χ2n) is 22.7. The van der Waals surface area contributed by atoms with Crippen LogP contribution in [0.2, 0.25) is 72.5 Å². The second-order valence-corrected chi connectivity index (χ2v) is 41.8. The molecule has 0 aliphatic carbocycles. The van der Waals surface area contributed by atoms with Crippen molar-refractivity contribution in [1.29, 1.82) is 0 Å². The minimum atomic E-state index is -2.47. The third kappa shape index (κ3) is 12.9. The van der Waals surface area contributed by atoms with Gasteiger partial charge in [0.1, 0.15) is 17.2 Å². The standard InChI is InChI=1S/C43H88O7Si4/c1-25-27-31(3)37-43(16,48-37)38(50-54(23,24)42(13,14)15)34(30-47-52(19,20)40(7,8)9)36(45)33(29-46-51(17,18)39(4,5)6)35(28-32(44)26-2)49-53(21,22)41(10,11)12/h25,27,31,33-35,37-38H,26,28-30H2,1-24H3/t31-,33+,34-,35-,37+,38-,43?/m0/s1. The van der Waals surface area contributed by atoms with E-state index in [1.165, 1.54) is 0 Å². The Bertz CT molecular complexity index is 1280. The number of carbonyl (C=O) groups is 2. The Morgan fingerprint density at radius 1 is 0.685 bits per heavy atom. The van der Waals surface area contributed by atoms with Crippen molar-refractivity contribution < 1.29 is 32.0 Å². The summed E-state index contributed by atoms with van der Waals surface area (Å²) in [7, 11) is -9.57. The van der Waals surface area contributed by atoms with Crippen LogP contribution in [0.4, 0.5) is 0 Å². The van der Waals surface area contributed by atoms with E-state index in [2.05, 4.69) is 161 Å². The van der Waals surface area contributed by atoms with Gasteiger partial charge in [-0.15, -0.1) is 0 Å². The highest BCUT2D eigenvalue weighted by molar-refractivity contribution is 6.75. The third-order valence-corrected chi connectivity index (χ3v) is 32.1. The summed E-state index contributed by atoms with van der Waals surface area (Å²) in [5, 5.41) is -0.370.